The van der Waals surface area contributed by atoms with Crippen LogP contribution in [-0.2, 0) is 6.54 Å². The molecule has 0 spiro atoms. The standard InChI is InChI=1S/C17H21NO3/c1-12-4-3-7-18(10-12)11-13-8-17(19)21-16-9-14(20-2)5-6-15(13)16/h5-6,8-9,12H,3-4,7,10-11H2,1-2H3/p+1/t12-/m0/s1. The molecule has 1 saturated heterocycles. The van der Waals surface area contributed by atoms with Crippen LogP contribution in [0.3, 0.4) is 0 Å². The average molecular weight is 288 g/mol. The van der Waals surface area contributed by atoms with Crippen molar-refractivity contribution in [2.24, 2.45) is 5.92 Å². The highest BCUT2D eigenvalue weighted by atomic mass is 16.5. The first-order valence-electron chi connectivity index (χ1n) is 7.60. The molecule has 2 atom stereocenters. The molecule has 2 aromatic rings. The van der Waals surface area contributed by atoms with Crippen LogP contribution in [0.1, 0.15) is 25.3 Å². The topological polar surface area (TPSA) is 43.9 Å². The Bertz CT molecular complexity index is 692. The Hall–Kier alpha value is -1.81. The fraction of sp³-hybridized carbons (Fsp3) is 0.471. The minimum absolute atomic E-state index is 0.282. The summed E-state index contributed by atoms with van der Waals surface area (Å²) in [4.78, 5) is 13.3. The van der Waals surface area contributed by atoms with Gasteiger partial charge in [0.15, 0.2) is 0 Å². The fourth-order valence-electron chi connectivity index (χ4n) is 3.31. The quantitative estimate of drug-likeness (QED) is 0.873. The van der Waals surface area contributed by atoms with Crippen LogP contribution >= 0.6 is 0 Å². The molecule has 1 aliphatic rings. The van der Waals surface area contributed by atoms with Gasteiger partial charge in [0.25, 0.3) is 0 Å². The summed E-state index contributed by atoms with van der Waals surface area (Å²) in [5, 5.41) is 1.01. The van der Waals surface area contributed by atoms with E-state index in [1.165, 1.54) is 25.9 Å². The highest BCUT2D eigenvalue weighted by Crippen LogP contribution is 2.22. The Morgan fingerprint density at radius 1 is 1.38 bits per heavy atom. The first-order valence-corrected chi connectivity index (χ1v) is 7.60. The summed E-state index contributed by atoms with van der Waals surface area (Å²) in [7, 11) is 1.61. The fourth-order valence-corrected chi connectivity index (χ4v) is 3.31. The molecular formula is C17H22NO3+. The number of methoxy groups -OCH3 is 1. The molecule has 0 aliphatic carbocycles. The monoisotopic (exact) mass is 288 g/mol. The zero-order chi connectivity index (χ0) is 14.8. The largest absolute Gasteiger partial charge is 0.497 e. The van der Waals surface area contributed by atoms with Crippen LogP contribution in [0, 0.1) is 5.92 Å². The van der Waals surface area contributed by atoms with E-state index in [1.54, 1.807) is 24.1 Å². The van der Waals surface area contributed by atoms with E-state index in [1.807, 2.05) is 12.1 Å². The zero-order valence-corrected chi connectivity index (χ0v) is 12.6. The molecule has 0 radical (unpaired) electrons. The maximum absolute atomic E-state index is 11.8. The van der Waals surface area contributed by atoms with Crippen molar-refractivity contribution in [1.82, 2.24) is 0 Å². The minimum Gasteiger partial charge on any atom is -0.497 e. The van der Waals surface area contributed by atoms with Gasteiger partial charge in [-0.3, -0.25) is 0 Å². The third-order valence-electron chi connectivity index (χ3n) is 4.34. The van der Waals surface area contributed by atoms with Gasteiger partial charge in [-0.2, -0.15) is 0 Å². The molecule has 1 aromatic carbocycles. The molecule has 21 heavy (non-hydrogen) atoms. The normalized spacial score (nSPS) is 22.4. The number of quaternary nitrogens is 1. The summed E-state index contributed by atoms with van der Waals surface area (Å²) in [6.07, 6.45) is 2.59. The van der Waals surface area contributed by atoms with Crippen LogP contribution in [0.4, 0.5) is 0 Å². The van der Waals surface area contributed by atoms with Crippen molar-refractivity contribution in [2.75, 3.05) is 20.2 Å². The molecule has 1 aliphatic heterocycles. The summed E-state index contributed by atoms with van der Waals surface area (Å²) in [5.74, 6) is 1.47. The van der Waals surface area contributed by atoms with Crippen LogP contribution in [0.2, 0.25) is 0 Å². The average Bonchev–Trinajstić information content (AvgIpc) is 2.46. The van der Waals surface area contributed by atoms with E-state index in [-0.39, 0.29) is 5.63 Å². The maximum atomic E-state index is 11.8. The number of hydrogen-bond acceptors (Lipinski definition) is 3. The van der Waals surface area contributed by atoms with E-state index in [0.29, 0.717) is 11.3 Å². The molecule has 2 heterocycles. The highest BCUT2D eigenvalue weighted by Gasteiger charge is 2.21. The van der Waals surface area contributed by atoms with Crippen molar-refractivity contribution in [2.45, 2.75) is 26.3 Å². The molecule has 112 valence electrons. The van der Waals surface area contributed by atoms with E-state index in [0.717, 1.165) is 23.4 Å². The Morgan fingerprint density at radius 2 is 2.24 bits per heavy atom. The number of fused-ring (bicyclic) bond motifs is 1. The third-order valence-corrected chi connectivity index (χ3v) is 4.34. The first kappa shape index (κ1) is 14.1. The van der Waals surface area contributed by atoms with Gasteiger partial charge in [-0.15, -0.1) is 0 Å². The van der Waals surface area contributed by atoms with Gasteiger partial charge in [-0.1, -0.05) is 6.92 Å². The number of benzene rings is 1. The number of nitrogens with one attached hydrogen (secondary N) is 1. The molecule has 3 rings (SSSR count). The molecule has 4 nitrogen and oxygen atoms in total. The van der Waals surface area contributed by atoms with Crippen molar-refractivity contribution in [3.63, 3.8) is 0 Å². The van der Waals surface area contributed by atoms with Crippen molar-refractivity contribution >= 4 is 11.0 Å². The van der Waals surface area contributed by atoms with Gasteiger partial charge in [0, 0.05) is 29.0 Å². The van der Waals surface area contributed by atoms with E-state index < -0.39 is 0 Å². The second kappa shape index (κ2) is 5.90. The molecule has 0 amide bonds. The van der Waals surface area contributed by atoms with Crippen LogP contribution in [0.5, 0.6) is 5.75 Å². The predicted molar refractivity (Wildman–Crippen MR) is 81.8 cm³/mol. The molecular weight excluding hydrogens is 266 g/mol. The number of rotatable bonds is 3. The molecule has 1 fully saturated rings. The van der Waals surface area contributed by atoms with Crippen LogP contribution in [-0.4, -0.2) is 20.2 Å². The maximum Gasteiger partial charge on any atom is 0.336 e. The van der Waals surface area contributed by atoms with Crippen molar-refractivity contribution in [1.29, 1.82) is 0 Å². The van der Waals surface area contributed by atoms with Crippen molar-refractivity contribution in [3.8, 4) is 5.75 Å². The van der Waals surface area contributed by atoms with E-state index >= 15 is 0 Å². The summed E-state index contributed by atoms with van der Waals surface area (Å²) >= 11 is 0. The zero-order valence-electron chi connectivity index (χ0n) is 12.6. The molecule has 0 saturated carbocycles. The lowest BCUT2D eigenvalue weighted by molar-refractivity contribution is -0.922. The summed E-state index contributed by atoms with van der Waals surface area (Å²) in [5.41, 5.74) is 1.41. The van der Waals surface area contributed by atoms with Gasteiger partial charge in [0.2, 0.25) is 0 Å². The van der Waals surface area contributed by atoms with E-state index in [2.05, 4.69) is 6.92 Å². The smallest absolute Gasteiger partial charge is 0.336 e. The van der Waals surface area contributed by atoms with Crippen LogP contribution < -0.4 is 15.3 Å². The second-order valence-electron chi connectivity index (χ2n) is 6.08. The first-order chi connectivity index (χ1) is 10.2. The van der Waals surface area contributed by atoms with Gasteiger partial charge in [-0.25, -0.2) is 4.79 Å². The Kier molecular flexibility index (Phi) is 3.97. The van der Waals surface area contributed by atoms with Gasteiger partial charge in [-0.05, 0) is 25.0 Å². The van der Waals surface area contributed by atoms with Gasteiger partial charge in [0.05, 0.1) is 20.2 Å². The molecule has 1 aromatic heterocycles. The molecule has 1 N–H and O–H groups in total. The van der Waals surface area contributed by atoms with Gasteiger partial charge < -0.3 is 14.1 Å². The molecule has 0 bridgehead atoms. The number of likely N-dealkylation sites (tertiary alicyclic amines) is 1. The second-order valence-corrected chi connectivity index (χ2v) is 6.08. The number of ether oxygens (including phenoxy) is 1. The predicted octanol–water partition coefficient (Wildman–Crippen LogP) is 1.62. The van der Waals surface area contributed by atoms with Crippen molar-refractivity contribution < 1.29 is 14.1 Å². The minimum atomic E-state index is -0.282. The van der Waals surface area contributed by atoms with E-state index in [4.69, 9.17) is 9.15 Å². The SMILES string of the molecule is COc1ccc2c(C[NH+]3CCC[C@H](C)C3)cc(=O)oc2c1. The summed E-state index contributed by atoms with van der Waals surface area (Å²) in [6, 6.07) is 7.33. The number of piperidine rings is 1. The molecule has 4 heteroatoms. The van der Waals surface area contributed by atoms with Crippen molar-refractivity contribution in [3.05, 3.63) is 40.2 Å². The summed E-state index contributed by atoms with van der Waals surface area (Å²) in [6.45, 7) is 5.56. The lowest BCUT2D eigenvalue weighted by Crippen LogP contribution is -3.12. The lowest BCUT2D eigenvalue weighted by Gasteiger charge is -2.28. The van der Waals surface area contributed by atoms with E-state index in [9.17, 15) is 4.79 Å². The Morgan fingerprint density at radius 3 is 3.00 bits per heavy atom. The van der Waals surface area contributed by atoms with Crippen LogP contribution in [0.15, 0.2) is 33.5 Å². The molecule has 1 unspecified atom stereocenters. The number of hydrogen-bond donors (Lipinski definition) is 1. The Balaban J connectivity index is 1.95. The highest BCUT2D eigenvalue weighted by molar-refractivity contribution is 5.81. The third kappa shape index (κ3) is 3.10. The Labute approximate surface area is 124 Å². The van der Waals surface area contributed by atoms with Gasteiger partial charge in [0.1, 0.15) is 17.9 Å². The lowest BCUT2D eigenvalue weighted by atomic mass is 9.99. The summed E-state index contributed by atoms with van der Waals surface area (Å²) < 4.78 is 10.5. The van der Waals surface area contributed by atoms with Crippen LogP contribution in [0.25, 0.3) is 11.0 Å². The van der Waals surface area contributed by atoms with Gasteiger partial charge >= 0.3 is 5.63 Å².